The van der Waals surface area contributed by atoms with Gasteiger partial charge in [0, 0.05) is 13.1 Å². The van der Waals surface area contributed by atoms with Crippen LogP contribution >= 0.6 is 0 Å². The zero-order valence-corrected chi connectivity index (χ0v) is 9.90. The van der Waals surface area contributed by atoms with E-state index in [1.54, 1.807) is 24.8 Å². The highest BCUT2D eigenvalue weighted by molar-refractivity contribution is 5.95. The molecule has 1 heterocycles. The highest BCUT2D eigenvalue weighted by Crippen LogP contribution is 2.09. The van der Waals surface area contributed by atoms with Crippen LogP contribution in [0.2, 0.25) is 0 Å². The molecule has 16 heavy (non-hydrogen) atoms. The maximum atomic E-state index is 12.1. The number of aliphatic hydroxyl groups excluding tert-OH is 1. The molecule has 0 aliphatic carbocycles. The largest absolute Gasteiger partial charge is 0.395 e. The van der Waals surface area contributed by atoms with E-state index in [4.69, 9.17) is 5.11 Å². The Morgan fingerprint density at radius 1 is 1.44 bits per heavy atom. The number of hydrogen-bond donors (Lipinski definition) is 1. The first-order chi connectivity index (χ1) is 7.60. The molecule has 5 nitrogen and oxygen atoms in total. The molecule has 1 aromatic rings. The minimum Gasteiger partial charge on any atom is -0.395 e. The number of nitrogens with zero attached hydrogens (tertiary/aromatic N) is 3. The standard InChI is InChI=1S/C11H17N3O2/c1-4-14(5-6-15)11(16)10-7-8(2)12-13-9(10)3/h7,15H,4-6H2,1-3H3. The van der Waals surface area contributed by atoms with E-state index in [1.165, 1.54) is 0 Å². The lowest BCUT2D eigenvalue weighted by molar-refractivity contribution is 0.0730. The van der Waals surface area contributed by atoms with E-state index in [-0.39, 0.29) is 12.5 Å². The van der Waals surface area contributed by atoms with Gasteiger partial charge in [0.2, 0.25) is 0 Å². The molecular formula is C11H17N3O2. The van der Waals surface area contributed by atoms with Crippen LogP contribution < -0.4 is 0 Å². The minimum absolute atomic E-state index is 0.0316. The smallest absolute Gasteiger partial charge is 0.255 e. The summed E-state index contributed by atoms with van der Waals surface area (Å²) in [5, 5.41) is 16.7. The molecule has 0 saturated heterocycles. The van der Waals surface area contributed by atoms with E-state index in [2.05, 4.69) is 10.2 Å². The van der Waals surface area contributed by atoms with Gasteiger partial charge in [-0.1, -0.05) is 0 Å². The summed E-state index contributed by atoms with van der Waals surface area (Å²) in [6.45, 7) is 6.31. The molecule has 0 fully saturated rings. The molecular weight excluding hydrogens is 206 g/mol. The first-order valence-corrected chi connectivity index (χ1v) is 5.31. The summed E-state index contributed by atoms with van der Waals surface area (Å²) in [5.74, 6) is -0.105. The van der Waals surface area contributed by atoms with E-state index >= 15 is 0 Å². The van der Waals surface area contributed by atoms with E-state index in [0.717, 1.165) is 0 Å². The van der Waals surface area contributed by atoms with Crippen molar-refractivity contribution in [1.82, 2.24) is 15.1 Å². The van der Waals surface area contributed by atoms with Crippen molar-refractivity contribution in [2.75, 3.05) is 19.7 Å². The van der Waals surface area contributed by atoms with Crippen LogP contribution in [0.25, 0.3) is 0 Å². The topological polar surface area (TPSA) is 66.3 Å². The van der Waals surface area contributed by atoms with Gasteiger partial charge in [-0.05, 0) is 26.8 Å². The molecule has 0 aliphatic heterocycles. The number of amides is 1. The number of aliphatic hydroxyl groups is 1. The van der Waals surface area contributed by atoms with Crippen molar-refractivity contribution in [3.05, 3.63) is 23.0 Å². The van der Waals surface area contributed by atoms with Crippen LogP contribution in [0.3, 0.4) is 0 Å². The second-order valence-corrected chi connectivity index (χ2v) is 3.59. The Bertz CT molecular complexity index is 379. The first-order valence-electron chi connectivity index (χ1n) is 5.31. The molecule has 0 atom stereocenters. The molecule has 0 aromatic carbocycles. The number of likely N-dealkylation sites (N-methyl/N-ethyl adjacent to an activating group) is 1. The summed E-state index contributed by atoms with van der Waals surface area (Å²) in [6.07, 6.45) is 0. The summed E-state index contributed by atoms with van der Waals surface area (Å²) in [6, 6.07) is 1.73. The van der Waals surface area contributed by atoms with Crippen molar-refractivity contribution < 1.29 is 9.90 Å². The van der Waals surface area contributed by atoms with Gasteiger partial charge in [-0.15, -0.1) is 0 Å². The first kappa shape index (κ1) is 12.6. The molecule has 0 unspecified atom stereocenters. The predicted octanol–water partition coefficient (Wildman–Crippen LogP) is 0.548. The molecule has 0 aliphatic rings. The average Bonchev–Trinajstić information content (AvgIpc) is 2.28. The van der Waals surface area contributed by atoms with Crippen LogP contribution in [0, 0.1) is 13.8 Å². The Morgan fingerprint density at radius 3 is 2.69 bits per heavy atom. The van der Waals surface area contributed by atoms with Crippen LogP contribution in [0.4, 0.5) is 0 Å². The summed E-state index contributed by atoms with van der Waals surface area (Å²) < 4.78 is 0. The summed E-state index contributed by atoms with van der Waals surface area (Å²) in [5.41, 5.74) is 1.89. The maximum Gasteiger partial charge on any atom is 0.255 e. The molecule has 0 bridgehead atoms. The quantitative estimate of drug-likeness (QED) is 0.809. The lowest BCUT2D eigenvalue weighted by atomic mass is 10.1. The highest BCUT2D eigenvalue weighted by atomic mass is 16.3. The number of aryl methyl sites for hydroxylation is 2. The van der Waals surface area contributed by atoms with Crippen molar-refractivity contribution >= 4 is 5.91 Å². The van der Waals surface area contributed by atoms with E-state index in [1.807, 2.05) is 6.92 Å². The number of rotatable bonds is 4. The molecule has 0 saturated carbocycles. The fourth-order valence-electron chi connectivity index (χ4n) is 1.46. The summed E-state index contributed by atoms with van der Waals surface area (Å²) in [4.78, 5) is 13.7. The predicted molar refractivity (Wildman–Crippen MR) is 60.2 cm³/mol. The Labute approximate surface area is 95.1 Å². The molecule has 0 radical (unpaired) electrons. The number of aromatic nitrogens is 2. The lowest BCUT2D eigenvalue weighted by Crippen LogP contribution is -2.34. The Hall–Kier alpha value is -1.49. The van der Waals surface area contributed by atoms with Gasteiger partial charge in [-0.2, -0.15) is 10.2 Å². The Balaban J connectivity index is 2.98. The fourth-order valence-corrected chi connectivity index (χ4v) is 1.46. The van der Waals surface area contributed by atoms with Gasteiger partial charge in [0.15, 0.2) is 0 Å². The van der Waals surface area contributed by atoms with E-state index < -0.39 is 0 Å². The Morgan fingerprint density at radius 2 is 2.12 bits per heavy atom. The SMILES string of the molecule is CCN(CCO)C(=O)c1cc(C)nnc1C. The van der Waals surface area contributed by atoms with Crippen LogP contribution in [-0.4, -0.2) is 45.8 Å². The minimum atomic E-state index is -0.105. The molecule has 1 aromatic heterocycles. The van der Waals surface area contributed by atoms with Gasteiger partial charge >= 0.3 is 0 Å². The molecule has 0 spiro atoms. The van der Waals surface area contributed by atoms with Gasteiger partial charge < -0.3 is 10.0 Å². The monoisotopic (exact) mass is 223 g/mol. The van der Waals surface area contributed by atoms with E-state index in [0.29, 0.717) is 30.0 Å². The number of carbonyl (C=O) groups is 1. The van der Waals surface area contributed by atoms with Crippen LogP contribution in [0.15, 0.2) is 6.07 Å². The highest BCUT2D eigenvalue weighted by Gasteiger charge is 2.16. The number of hydrogen-bond acceptors (Lipinski definition) is 4. The molecule has 1 N–H and O–H groups in total. The van der Waals surface area contributed by atoms with Gasteiger partial charge in [-0.25, -0.2) is 0 Å². The third-order valence-corrected chi connectivity index (χ3v) is 2.37. The molecule has 5 heteroatoms. The van der Waals surface area contributed by atoms with Crippen LogP contribution in [0.5, 0.6) is 0 Å². The second kappa shape index (κ2) is 5.55. The lowest BCUT2D eigenvalue weighted by Gasteiger charge is -2.20. The van der Waals surface area contributed by atoms with Crippen molar-refractivity contribution in [2.24, 2.45) is 0 Å². The van der Waals surface area contributed by atoms with Crippen molar-refractivity contribution in [3.63, 3.8) is 0 Å². The molecule has 1 amide bonds. The zero-order valence-electron chi connectivity index (χ0n) is 9.90. The van der Waals surface area contributed by atoms with Gasteiger partial charge in [0.1, 0.15) is 0 Å². The summed E-state index contributed by atoms with van der Waals surface area (Å²) in [7, 11) is 0. The second-order valence-electron chi connectivity index (χ2n) is 3.59. The van der Waals surface area contributed by atoms with Crippen LogP contribution in [0.1, 0.15) is 28.7 Å². The van der Waals surface area contributed by atoms with Crippen molar-refractivity contribution in [2.45, 2.75) is 20.8 Å². The molecule has 1 rings (SSSR count). The van der Waals surface area contributed by atoms with Crippen molar-refractivity contribution in [3.8, 4) is 0 Å². The third-order valence-electron chi connectivity index (χ3n) is 2.37. The Kier molecular flexibility index (Phi) is 4.37. The normalized spacial score (nSPS) is 10.2. The third kappa shape index (κ3) is 2.76. The van der Waals surface area contributed by atoms with Crippen LogP contribution in [-0.2, 0) is 0 Å². The fraction of sp³-hybridized carbons (Fsp3) is 0.545. The summed E-state index contributed by atoms with van der Waals surface area (Å²) >= 11 is 0. The van der Waals surface area contributed by atoms with E-state index in [9.17, 15) is 4.79 Å². The average molecular weight is 223 g/mol. The van der Waals surface area contributed by atoms with Crippen molar-refractivity contribution in [1.29, 1.82) is 0 Å². The maximum absolute atomic E-state index is 12.1. The molecule has 88 valence electrons. The van der Waals surface area contributed by atoms with Gasteiger partial charge in [0.25, 0.3) is 5.91 Å². The number of carbonyl (C=O) groups excluding carboxylic acids is 1. The zero-order chi connectivity index (χ0) is 12.1. The van der Waals surface area contributed by atoms with Gasteiger partial charge in [-0.3, -0.25) is 4.79 Å². The van der Waals surface area contributed by atoms with Gasteiger partial charge in [0.05, 0.1) is 23.6 Å².